The molecule has 3 rings (SSSR count). The Bertz CT molecular complexity index is 468. The molecule has 0 aromatic carbocycles. The Morgan fingerprint density at radius 1 is 0.552 bits per heavy atom. The summed E-state index contributed by atoms with van der Waals surface area (Å²) in [6.45, 7) is 28.5. The molecule has 170 valence electrons. The predicted molar refractivity (Wildman–Crippen MR) is 126 cm³/mol. The monoisotopic (exact) mass is 406 g/mol. The van der Waals surface area contributed by atoms with Crippen LogP contribution in [0, 0.1) is 17.3 Å². The van der Waals surface area contributed by atoms with E-state index in [0.29, 0.717) is 11.0 Å². The van der Waals surface area contributed by atoms with Crippen LogP contribution in [0.3, 0.4) is 0 Å². The van der Waals surface area contributed by atoms with Crippen molar-refractivity contribution in [3.8, 4) is 0 Å². The maximum Gasteiger partial charge on any atom is 0.0125 e. The van der Waals surface area contributed by atoms with E-state index in [4.69, 9.17) is 0 Å². The molecule has 0 aromatic rings. The average molecular weight is 407 g/mol. The number of hydrogen-bond donors (Lipinski definition) is 0. The van der Waals surface area contributed by atoms with Crippen molar-refractivity contribution in [2.24, 2.45) is 17.3 Å². The summed E-state index contributed by atoms with van der Waals surface area (Å²) in [6, 6.07) is 0. The fourth-order valence-corrected chi connectivity index (χ4v) is 5.67. The Morgan fingerprint density at radius 2 is 0.966 bits per heavy atom. The standard InChI is InChI=1S/C25H50N4/c1-24(2,3)21-28-17-15-27(16-18-28)20-22-7-11-26(12-8-22)19-23-9-13-29(14-10-23)25(4,5)6/h22-23H,7-21H2,1-6H3. The van der Waals surface area contributed by atoms with E-state index in [1.807, 2.05) is 0 Å². The third-order valence-corrected chi connectivity index (χ3v) is 7.47. The van der Waals surface area contributed by atoms with Gasteiger partial charge in [-0.25, -0.2) is 0 Å². The van der Waals surface area contributed by atoms with Gasteiger partial charge < -0.3 is 14.7 Å². The maximum absolute atomic E-state index is 2.79. The van der Waals surface area contributed by atoms with Crippen LogP contribution in [-0.4, -0.2) is 97.1 Å². The van der Waals surface area contributed by atoms with Crippen molar-refractivity contribution >= 4 is 0 Å². The lowest BCUT2D eigenvalue weighted by Crippen LogP contribution is -2.50. The third-order valence-electron chi connectivity index (χ3n) is 7.47. The molecule has 0 amide bonds. The Labute approximate surface area is 182 Å². The van der Waals surface area contributed by atoms with Crippen molar-refractivity contribution in [2.45, 2.75) is 72.8 Å². The van der Waals surface area contributed by atoms with E-state index in [9.17, 15) is 0 Å². The number of piperazine rings is 1. The molecule has 0 saturated carbocycles. The van der Waals surface area contributed by atoms with Crippen molar-refractivity contribution in [1.82, 2.24) is 19.6 Å². The van der Waals surface area contributed by atoms with Gasteiger partial charge in [0.25, 0.3) is 0 Å². The zero-order valence-electron chi connectivity index (χ0n) is 20.6. The molecular weight excluding hydrogens is 356 g/mol. The number of likely N-dealkylation sites (tertiary alicyclic amines) is 2. The smallest absolute Gasteiger partial charge is 0.0125 e. The average Bonchev–Trinajstić information content (AvgIpc) is 2.63. The van der Waals surface area contributed by atoms with Gasteiger partial charge in [-0.3, -0.25) is 4.90 Å². The molecule has 3 saturated heterocycles. The van der Waals surface area contributed by atoms with Gasteiger partial charge >= 0.3 is 0 Å². The molecule has 0 bridgehead atoms. The Balaban J connectivity index is 1.29. The fraction of sp³-hybridized carbons (Fsp3) is 1.00. The summed E-state index contributed by atoms with van der Waals surface area (Å²) >= 11 is 0. The number of hydrogen-bond acceptors (Lipinski definition) is 4. The molecule has 0 atom stereocenters. The molecule has 0 N–H and O–H groups in total. The van der Waals surface area contributed by atoms with E-state index in [2.05, 4.69) is 61.1 Å². The van der Waals surface area contributed by atoms with Crippen molar-refractivity contribution in [1.29, 1.82) is 0 Å². The summed E-state index contributed by atoms with van der Waals surface area (Å²) in [4.78, 5) is 10.9. The van der Waals surface area contributed by atoms with E-state index in [1.54, 1.807) is 0 Å². The molecule has 0 spiro atoms. The van der Waals surface area contributed by atoms with Crippen molar-refractivity contribution in [3.63, 3.8) is 0 Å². The van der Waals surface area contributed by atoms with E-state index in [-0.39, 0.29) is 0 Å². The van der Waals surface area contributed by atoms with Gasteiger partial charge in [0.05, 0.1) is 0 Å². The van der Waals surface area contributed by atoms with Gasteiger partial charge in [0.2, 0.25) is 0 Å². The van der Waals surface area contributed by atoms with E-state index in [1.165, 1.54) is 97.7 Å². The highest BCUT2D eigenvalue weighted by molar-refractivity contribution is 4.85. The van der Waals surface area contributed by atoms with Gasteiger partial charge in [0, 0.05) is 51.4 Å². The number of rotatable bonds is 5. The molecule has 0 radical (unpaired) electrons. The van der Waals surface area contributed by atoms with Gasteiger partial charge in [-0.05, 0) is 89.9 Å². The highest BCUT2D eigenvalue weighted by Crippen LogP contribution is 2.26. The van der Waals surface area contributed by atoms with Crippen LogP contribution < -0.4 is 0 Å². The van der Waals surface area contributed by atoms with E-state index in [0.717, 1.165) is 11.8 Å². The summed E-state index contributed by atoms with van der Waals surface area (Å²) in [5.41, 5.74) is 0.778. The third kappa shape index (κ3) is 7.79. The van der Waals surface area contributed by atoms with Crippen molar-refractivity contribution in [3.05, 3.63) is 0 Å². The molecule has 0 aliphatic carbocycles. The first-order chi connectivity index (χ1) is 13.6. The molecule has 29 heavy (non-hydrogen) atoms. The minimum atomic E-state index is 0.349. The Kier molecular flexibility index (Phi) is 8.08. The Hall–Kier alpha value is -0.160. The van der Waals surface area contributed by atoms with Crippen LogP contribution >= 0.6 is 0 Å². The summed E-state index contributed by atoms with van der Waals surface area (Å²) < 4.78 is 0. The lowest BCUT2D eigenvalue weighted by atomic mass is 9.90. The zero-order chi connectivity index (χ0) is 21.1. The van der Waals surface area contributed by atoms with Crippen LogP contribution in [0.15, 0.2) is 0 Å². The van der Waals surface area contributed by atoms with E-state index < -0.39 is 0 Å². The largest absolute Gasteiger partial charge is 0.303 e. The number of piperidine rings is 2. The molecule has 0 unspecified atom stereocenters. The van der Waals surface area contributed by atoms with Gasteiger partial charge in [-0.2, -0.15) is 0 Å². The molecule has 3 fully saturated rings. The fourth-order valence-electron chi connectivity index (χ4n) is 5.67. The maximum atomic E-state index is 2.79. The SMILES string of the molecule is CC(C)(C)CN1CCN(CC2CCN(CC3CCN(C(C)(C)C)CC3)CC2)CC1. The van der Waals surface area contributed by atoms with Crippen LogP contribution in [0.2, 0.25) is 0 Å². The van der Waals surface area contributed by atoms with Gasteiger partial charge in [0.1, 0.15) is 0 Å². The second-order valence-electron chi connectivity index (χ2n) is 12.5. The van der Waals surface area contributed by atoms with Gasteiger partial charge in [-0.1, -0.05) is 20.8 Å². The highest BCUT2D eigenvalue weighted by Gasteiger charge is 2.29. The molecule has 4 nitrogen and oxygen atoms in total. The molecule has 3 aliphatic rings. The van der Waals surface area contributed by atoms with Crippen LogP contribution in [0.4, 0.5) is 0 Å². The van der Waals surface area contributed by atoms with Crippen LogP contribution in [0.5, 0.6) is 0 Å². The molecule has 3 aliphatic heterocycles. The minimum Gasteiger partial charge on any atom is -0.303 e. The molecule has 0 aromatic heterocycles. The molecule has 4 heteroatoms. The summed E-state index contributed by atoms with van der Waals surface area (Å²) in [5.74, 6) is 1.86. The highest BCUT2D eigenvalue weighted by atomic mass is 15.3. The second kappa shape index (κ2) is 9.97. The van der Waals surface area contributed by atoms with Gasteiger partial charge in [0.15, 0.2) is 0 Å². The molecule has 3 heterocycles. The first-order valence-corrected chi connectivity index (χ1v) is 12.5. The summed E-state index contributed by atoms with van der Waals surface area (Å²) in [6.07, 6.45) is 5.64. The van der Waals surface area contributed by atoms with Crippen LogP contribution in [0.25, 0.3) is 0 Å². The quantitative estimate of drug-likeness (QED) is 0.687. The van der Waals surface area contributed by atoms with Crippen molar-refractivity contribution in [2.75, 3.05) is 72.0 Å². The normalized spacial score (nSPS) is 26.3. The first kappa shape index (κ1) is 23.5. The van der Waals surface area contributed by atoms with E-state index >= 15 is 0 Å². The van der Waals surface area contributed by atoms with Gasteiger partial charge in [-0.15, -0.1) is 0 Å². The zero-order valence-corrected chi connectivity index (χ0v) is 20.6. The predicted octanol–water partition coefficient (Wildman–Crippen LogP) is 3.87. The van der Waals surface area contributed by atoms with Crippen LogP contribution in [0.1, 0.15) is 67.2 Å². The molecular formula is C25H50N4. The lowest BCUT2D eigenvalue weighted by Gasteiger charge is -2.43. The van der Waals surface area contributed by atoms with Crippen molar-refractivity contribution < 1.29 is 0 Å². The topological polar surface area (TPSA) is 13.0 Å². The first-order valence-electron chi connectivity index (χ1n) is 12.5. The van der Waals surface area contributed by atoms with Crippen LogP contribution in [-0.2, 0) is 0 Å². The Morgan fingerprint density at radius 3 is 1.41 bits per heavy atom. The lowest BCUT2D eigenvalue weighted by molar-refractivity contribution is 0.0583. The second-order valence-corrected chi connectivity index (χ2v) is 12.5. The summed E-state index contributed by atoms with van der Waals surface area (Å²) in [7, 11) is 0. The minimum absolute atomic E-state index is 0.349. The number of nitrogens with zero attached hydrogens (tertiary/aromatic N) is 4. The summed E-state index contributed by atoms with van der Waals surface area (Å²) in [5, 5.41) is 0.